The summed E-state index contributed by atoms with van der Waals surface area (Å²) in [7, 11) is 5.29. The minimum atomic E-state index is 0.0558. The van der Waals surface area contributed by atoms with Gasteiger partial charge in [-0.25, -0.2) is 4.79 Å². The fourth-order valence-corrected chi connectivity index (χ4v) is 4.54. The Hall–Kier alpha value is -2.61. The van der Waals surface area contributed by atoms with E-state index in [0.29, 0.717) is 30.1 Å². The molecule has 0 unspecified atom stereocenters. The summed E-state index contributed by atoms with van der Waals surface area (Å²) in [6.45, 7) is 5.08. The van der Waals surface area contributed by atoms with E-state index in [1.165, 1.54) is 0 Å². The molecule has 0 bridgehead atoms. The van der Waals surface area contributed by atoms with E-state index in [4.69, 9.17) is 9.26 Å². The van der Waals surface area contributed by atoms with E-state index in [2.05, 4.69) is 27.2 Å². The lowest BCUT2D eigenvalue weighted by Gasteiger charge is -2.31. The molecule has 2 fully saturated rings. The van der Waals surface area contributed by atoms with E-state index in [0.717, 1.165) is 30.9 Å². The van der Waals surface area contributed by atoms with Crippen LogP contribution in [0.2, 0.25) is 0 Å². The van der Waals surface area contributed by atoms with Crippen molar-refractivity contribution in [1.82, 2.24) is 24.8 Å². The van der Waals surface area contributed by atoms with Crippen LogP contribution in [0.25, 0.3) is 0 Å². The van der Waals surface area contributed by atoms with E-state index in [1.807, 2.05) is 38.1 Å². The van der Waals surface area contributed by atoms with Gasteiger partial charge in [-0.1, -0.05) is 17.3 Å². The van der Waals surface area contributed by atoms with Gasteiger partial charge in [0, 0.05) is 39.6 Å². The summed E-state index contributed by atoms with van der Waals surface area (Å²) >= 11 is 0. The minimum Gasteiger partial charge on any atom is -0.497 e. The van der Waals surface area contributed by atoms with Gasteiger partial charge in [0.15, 0.2) is 5.82 Å². The number of likely N-dealkylation sites (tertiary alicyclic amines) is 2. The van der Waals surface area contributed by atoms with Crippen molar-refractivity contribution in [2.24, 2.45) is 11.8 Å². The lowest BCUT2D eigenvalue weighted by molar-refractivity contribution is 0.150. The van der Waals surface area contributed by atoms with Crippen molar-refractivity contribution in [3.05, 3.63) is 41.5 Å². The summed E-state index contributed by atoms with van der Waals surface area (Å²) < 4.78 is 10.6. The number of hydrogen-bond donors (Lipinski definition) is 0. The summed E-state index contributed by atoms with van der Waals surface area (Å²) in [4.78, 5) is 23.2. The number of nitrogens with zero attached hydrogens (tertiary/aromatic N) is 5. The molecule has 1 aromatic heterocycles. The molecule has 1 aromatic carbocycles. The molecule has 150 valence electrons. The first-order chi connectivity index (χ1) is 13.5. The van der Waals surface area contributed by atoms with Crippen LogP contribution in [0.1, 0.15) is 23.3 Å². The second-order valence-corrected chi connectivity index (χ2v) is 7.90. The zero-order chi connectivity index (χ0) is 19.8. The zero-order valence-electron chi connectivity index (χ0n) is 16.8. The molecule has 4 rings (SSSR count). The molecule has 2 aliphatic rings. The number of aryl methyl sites for hydroxylation is 1. The van der Waals surface area contributed by atoms with Crippen molar-refractivity contribution in [1.29, 1.82) is 0 Å². The normalized spacial score (nSPS) is 24.4. The Labute approximate surface area is 165 Å². The second kappa shape index (κ2) is 7.43. The summed E-state index contributed by atoms with van der Waals surface area (Å²) in [5, 5.41) is 3.88. The Bertz CT molecular complexity index is 835. The third kappa shape index (κ3) is 3.44. The zero-order valence-corrected chi connectivity index (χ0v) is 16.8. The monoisotopic (exact) mass is 385 g/mol. The first-order valence-corrected chi connectivity index (χ1v) is 9.59. The highest BCUT2D eigenvalue weighted by Crippen LogP contribution is 2.45. The van der Waals surface area contributed by atoms with Crippen LogP contribution in [-0.2, 0) is 6.54 Å². The number of carbonyl (C=O) groups is 1. The van der Waals surface area contributed by atoms with E-state index in [1.54, 1.807) is 12.0 Å². The van der Waals surface area contributed by atoms with Gasteiger partial charge in [0.25, 0.3) is 0 Å². The highest BCUT2D eigenvalue weighted by Gasteiger charge is 2.49. The Kier molecular flexibility index (Phi) is 4.97. The van der Waals surface area contributed by atoms with E-state index in [9.17, 15) is 4.79 Å². The van der Waals surface area contributed by atoms with Crippen molar-refractivity contribution in [2.75, 3.05) is 40.8 Å². The SMILES string of the molecule is COc1ccc([C@H]2[C@@H]3CN(Cc4nc(C)no4)C[C@@H]3CN2C(=O)N(C)C)cc1. The van der Waals surface area contributed by atoms with Crippen LogP contribution < -0.4 is 4.74 Å². The van der Waals surface area contributed by atoms with Crippen LogP contribution in [-0.4, -0.2) is 71.7 Å². The molecule has 3 atom stereocenters. The van der Waals surface area contributed by atoms with Crippen LogP contribution >= 0.6 is 0 Å². The molecule has 0 N–H and O–H groups in total. The van der Waals surface area contributed by atoms with Crippen molar-refractivity contribution < 1.29 is 14.1 Å². The van der Waals surface area contributed by atoms with Gasteiger partial charge in [-0.05, 0) is 30.5 Å². The number of ether oxygens (including phenoxy) is 1. The van der Waals surface area contributed by atoms with Crippen LogP contribution in [0.15, 0.2) is 28.8 Å². The second-order valence-electron chi connectivity index (χ2n) is 7.90. The predicted molar refractivity (Wildman–Crippen MR) is 103 cm³/mol. The fourth-order valence-electron chi connectivity index (χ4n) is 4.54. The summed E-state index contributed by atoms with van der Waals surface area (Å²) in [6, 6.07) is 8.20. The lowest BCUT2D eigenvalue weighted by atomic mass is 9.89. The molecule has 8 heteroatoms. The molecule has 0 radical (unpaired) electrons. The molecule has 3 heterocycles. The number of hydrogen-bond acceptors (Lipinski definition) is 6. The standard InChI is InChI=1S/C20H27N5O3/c1-13-21-18(28-22-13)12-24-9-15-10-25(20(26)23(2)3)19(17(15)11-24)14-5-7-16(27-4)8-6-14/h5-8,15,17,19H,9-12H2,1-4H3/t15-,17-,19+/m1/s1. The summed E-state index contributed by atoms with van der Waals surface area (Å²) in [5.41, 5.74) is 1.15. The van der Waals surface area contributed by atoms with Crippen LogP contribution in [0.4, 0.5) is 4.79 Å². The minimum absolute atomic E-state index is 0.0558. The molecule has 28 heavy (non-hydrogen) atoms. The predicted octanol–water partition coefficient (Wildman–Crippen LogP) is 2.17. The van der Waals surface area contributed by atoms with Gasteiger partial charge in [0.1, 0.15) is 5.75 Å². The maximum atomic E-state index is 12.8. The van der Waals surface area contributed by atoms with E-state index < -0.39 is 0 Å². The molecule has 2 aliphatic heterocycles. The summed E-state index contributed by atoms with van der Waals surface area (Å²) in [5.74, 6) is 2.94. The number of amides is 2. The molecular weight excluding hydrogens is 358 g/mol. The average Bonchev–Trinajstić information content (AvgIpc) is 3.35. The third-order valence-electron chi connectivity index (χ3n) is 5.75. The average molecular weight is 385 g/mol. The first kappa shape index (κ1) is 18.7. The van der Waals surface area contributed by atoms with Crippen LogP contribution in [0, 0.1) is 18.8 Å². The molecule has 0 aliphatic carbocycles. The number of benzene rings is 1. The Morgan fingerprint density at radius 2 is 2.00 bits per heavy atom. The molecular formula is C20H27N5O3. The maximum Gasteiger partial charge on any atom is 0.320 e. The smallest absolute Gasteiger partial charge is 0.320 e. The van der Waals surface area contributed by atoms with Crippen molar-refractivity contribution in [2.45, 2.75) is 19.5 Å². The van der Waals surface area contributed by atoms with Crippen LogP contribution in [0.5, 0.6) is 5.75 Å². The summed E-state index contributed by atoms with van der Waals surface area (Å²) in [6.07, 6.45) is 0. The molecule has 0 spiro atoms. The Morgan fingerprint density at radius 1 is 1.25 bits per heavy atom. The van der Waals surface area contributed by atoms with Gasteiger partial charge >= 0.3 is 6.03 Å². The highest BCUT2D eigenvalue weighted by atomic mass is 16.5. The largest absolute Gasteiger partial charge is 0.497 e. The molecule has 2 saturated heterocycles. The van der Waals surface area contributed by atoms with Crippen molar-refractivity contribution >= 4 is 6.03 Å². The van der Waals surface area contributed by atoms with Crippen LogP contribution in [0.3, 0.4) is 0 Å². The Morgan fingerprint density at radius 3 is 2.61 bits per heavy atom. The number of urea groups is 1. The van der Waals surface area contributed by atoms with E-state index in [-0.39, 0.29) is 12.1 Å². The molecule has 0 saturated carbocycles. The third-order valence-corrected chi connectivity index (χ3v) is 5.75. The number of methoxy groups -OCH3 is 1. The van der Waals surface area contributed by atoms with Gasteiger partial charge in [0.2, 0.25) is 5.89 Å². The molecule has 2 aromatic rings. The van der Waals surface area contributed by atoms with Crippen molar-refractivity contribution in [3.8, 4) is 5.75 Å². The van der Waals surface area contributed by atoms with Gasteiger partial charge in [0.05, 0.1) is 19.7 Å². The van der Waals surface area contributed by atoms with E-state index >= 15 is 0 Å². The maximum absolute atomic E-state index is 12.8. The number of carbonyl (C=O) groups excluding carboxylic acids is 1. The lowest BCUT2D eigenvalue weighted by Crippen LogP contribution is -2.41. The number of aromatic nitrogens is 2. The van der Waals surface area contributed by atoms with Gasteiger partial charge in [-0.15, -0.1) is 0 Å². The fraction of sp³-hybridized carbons (Fsp3) is 0.550. The number of rotatable bonds is 4. The van der Waals surface area contributed by atoms with Crippen molar-refractivity contribution in [3.63, 3.8) is 0 Å². The van der Waals surface area contributed by atoms with Gasteiger partial charge in [-0.2, -0.15) is 4.98 Å². The quantitative estimate of drug-likeness (QED) is 0.803. The molecule has 2 amide bonds. The highest BCUT2D eigenvalue weighted by molar-refractivity contribution is 5.75. The number of fused-ring (bicyclic) bond motifs is 1. The topological polar surface area (TPSA) is 74.9 Å². The molecule has 8 nitrogen and oxygen atoms in total. The van der Waals surface area contributed by atoms with Gasteiger partial charge < -0.3 is 19.1 Å². The first-order valence-electron chi connectivity index (χ1n) is 9.59. The Balaban J connectivity index is 1.56. The van der Waals surface area contributed by atoms with Gasteiger partial charge in [-0.3, -0.25) is 4.90 Å².